The Morgan fingerprint density at radius 1 is 1.36 bits per heavy atom. The summed E-state index contributed by atoms with van der Waals surface area (Å²) in [4.78, 5) is 7.29. The third-order valence-electron chi connectivity index (χ3n) is 3.83. The zero-order valence-corrected chi connectivity index (χ0v) is 14.7. The molecule has 1 atom stereocenters. The van der Waals surface area contributed by atoms with Crippen molar-refractivity contribution in [3.05, 3.63) is 23.8 Å². The highest BCUT2D eigenvalue weighted by Gasteiger charge is 2.33. The Labute approximate surface area is 146 Å². The Hall–Kier alpha value is -1.69. The van der Waals surface area contributed by atoms with E-state index in [0.717, 1.165) is 24.0 Å². The van der Waals surface area contributed by atoms with Crippen LogP contribution in [-0.2, 0) is 29.5 Å². The normalized spacial score (nSPS) is 20.1. The van der Waals surface area contributed by atoms with Crippen LogP contribution in [0.3, 0.4) is 0 Å². The lowest BCUT2D eigenvalue weighted by atomic mass is 10.1. The molecule has 1 aliphatic heterocycles. The first-order valence-corrected chi connectivity index (χ1v) is 9.94. The van der Waals surface area contributed by atoms with Crippen molar-refractivity contribution in [2.45, 2.75) is 29.3 Å². The lowest BCUT2D eigenvalue weighted by molar-refractivity contribution is -0.141. The van der Waals surface area contributed by atoms with Crippen LogP contribution in [0.4, 0.5) is 13.2 Å². The summed E-state index contributed by atoms with van der Waals surface area (Å²) in [6.07, 6.45) is -2.47. The van der Waals surface area contributed by atoms with Crippen molar-refractivity contribution in [1.29, 1.82) is 0 Å². The van der Waals surface area contributed by atoms with Gasteiger partial charge >= 0.3 is 6.18 Å². The molecule has 3 rings (SSSR count). The molecule has 0 radical (unpaired) electrons. The molecule has 2 aromatic rings. The van der Waals surface area contributed by atoms with Gasteiger partial charge in [-0.25, -0.2) is 18.4 Å². The number of hydrogen-bond donors (Lipinski definition) is 0. The monoisotopic (exact) mass is 393 g/mol. The molecule has 0 bridgehead atoms. The van der Waals surface area contributed by atoms with Crippen LogP contribution in [0, 0.1) is 5.92 Å². The van der Waals surface area contributed by atoms with Crippen LogP contribution < -0.4 is 0 Å². The molecule has 25 heavy (non-hydrogen) atoms. The highest BCUT2D eigenvalue weighted by atomic mass is 32.2. The molecule has 1 saturated heterocycles. The second-order valence-electron chi connectivity index (χ2n) is 5.76. The van der Waals surface area contributed by atoms with E-state index < -0.39 is 21.7 Å². The minimum atomic E-state index is -4.54. The van der Waals surface area contributed by atoms with Crippen LogP contribution in [0.1, 0.15) is 17.9 Å². The van der Waals surface area contributed by atoms with Gasteiger partial charge < -0.3 is 4.57 Å². The van der Waals surface area contributed by atoms with Crippen molar-refractivity contribution in [3.8, 4) is 0 Å². The summed E-state index contributed by atoms with van der Waals surface area (Å²) in [7, 11) is -1.30. The second kappa shape index (κ2) is 6.56. The Bertz CT molecular complexity index is 882. The van der Waals surface area contributed by atoms with Crippen LogP contribution in [0.5, 0.6) is 0 Å². The van der Waals surface area contributed by atoms with E-state index in [2.05, 4.69) is 20.2 Å². The third kappa shape index (κ3) is 4.29. The van der Waals surface area contributed by atoms with E-state index in [-0.39, 0.29) is 22.6 Å². The van der Waals surface area contributed by atoms with Gasteiger partial charge in [0.05, 0.1) is 11.5 Å². The maximum Gasteiger partial charge on any atom is 0.433 e. The van der Waals surface area contributed by atoms with Gasteiger partial charge in [0.2, 0.25) is 0 Å². The number of aromatic nitrogens is 5. The van der Waals surface area contributed by atoms with E-state index in [9.17, 15) is 21.6 Å². The Morgan fingerprint density at radius 2 is 2.12 bits per heavy atom. The van der Waals surface area contributed by atoms with Crippen molar-refractivity contribution < 1.29 is 21.6 Å². The number of halogens is 3. The predicted octanol–water partition coefficient (Wildman–Crippen LogP) is 1.75. The van der Waals surface area contributed by atoms with Gasteiger partial charge in [-0.15, -0.1) is 10.2 Å². The summed E-state index contributed by atoms with van der Waals surface area (Å²) in [6, 6.07) is 0.798. The summed E-state index contributed by atoms with van der Waals surface area (Å²) in [6.45, 7) is 0. The van der Waals surface area contributed by atoms with Crippen LogP contribution in [0.15, 0.2) is 22.6 Å². The molecule has 0 amide bonds. The fourth-order valence-corrected chi connectivity index (χ4v) is 5.14. The average molecular weight is 393 g/mol. The summed E-state index contributed by atoms with van der Waals surface area (Å²) in [5.74, 6) is 0.862. The van der Waals surface area contributed by atoms with Gasteiger partial charge in [0.25, 0.3) is 0 Å². The summed E-state index contributed by atoms with van der Waals surface area (Å²) in [5.41, 5.74) is -1.02. The Balaban J connectivity index is 1.74. The topological polar surface area (TPSA) is 90.6 Å². The van der Waals surface area contributed by atoms with Crippen LogP contribution in [0.25, 0.3) is 0 Å². The van der Waals surface area contributed by atoms with Crippen molar-refractivity contribution >= 4 is 21.6 Å². The third-order valence-corrected chi connectivity index (χ3v) is 6.58. The first-order valence-electron chi connectivity index (χ1n) is 7.31. The van der Waals surface area contributed by atoms with E-state index in [1.807, 2.05) is 0 Å². The standard InChI is InChI=1S/C13H14F3N5O2S2/c1-21-10(6-8-3-5-25(22,23)7-8)19-20-12(21)24-11-17-4-2-9(18-11)13(14,15)16/h2,4,8H,3,5-7H2,1H3. The molecule has 0 N–H and O–H groups in total. The minimum absolute atomic E-state index is 0.0180. The highest BCUT2D eigenvalue weighted by molar-refractivity contribution is 7.99. The first-order chi connectivity index (χ1) is 11.6. The van der Waals surface area contributed by atoms with Gasteiger partial charge in [0.15, 0.2) is 20.2 Å². The number of nitrogens with zero attached hydrogens (tertiary/aromatic N) is 5. The molecular formula is C13H14F3N5O2S2. The first kappa shape index (κ1) is 18.1. The van der Waals surface area contributed by atoms with Gasteiger partial charge in [-0.3, -0.25) is 0 Å². The summed E-state index contributed by atoms with van der Waals surface area (Å²) in [5, 5.41) is 8.22. The maximum absolute atomic E-state index is 12.7. The molecule has 1 fully saturated rings. The zero-order chi connectivity index (χ0) is 18.2. The quantitative estimate of drug-likeness (QED) is 0.731. The van der Waals surface area contributed by atoms with Crippen molar-refractivity contribution in [1.82, 2.24) is 24.7 Å². The molecule has 0 saturated carbocycles. The molecule has 12 heteroatoms. The van der Waals surface area contributed by atoms with E-state index in [0.29, 0.717) is 23.8 Å². The van der Waals surface area contributed by atoms with Gasteiger partial charge in [-0.1, -0.05) is 0 Å². The number of sulfone groups is 1. The maximum atomic E-state index is 12.7. The SMILES string of the molecule is Cn1c(CC2CCS(=O)(=O)C2)nnc1Sc1nccc(C(F)(F)F)n1. The fourth-order valence-electron chi connectivity index (χ4n) is 2.53. The molecule has 0 aliphatic carbocycles. The Morgan fingerprint density at radius 3 is 2.76 bits per heavy atom. The fraction of sp³-hybridized carbons (Fsp3) is 0.538. The predicted molar refractivity (Wildman–Crippen MR) is 82.6 cm³/mol. The molecule has 0 aromatic carbocycles. The van der Waals surface area contributed by atoms with Gasteiger partial charge in [-0.05, 0) is 30.2 Å². The minimum Gasteiger partial charge on any atom is -0.309 e. The average Bonchev–Trinajstić information content (AvgIpc) is 3.03. The number of hydrogen-bond acceptors (Lipinski definition) is 7. The van der Waals surface area contributed by atoms with E-state index >= 15 is 0 Å². The lowest BCUT2D eigenvalue weighted by Gasteiger charge is -2.08. The van der Waals surface area contributed by atoms with Crippen molar-refractivity contribution in [2.24, 2.45) is 13.0 Å². The van der Waals surface area contributed by atoms with Crippen LogP contribution >= 0.6 is 11.8 Å². The van der Waals surface area contributed by atoms with Gasteiger partial charge in [-0.2, -0.15) is 13.2 Å². The molecule has 7 nitrogen and oxygen atoms in total. The molecular weight excluding hydrogens is 379 g/mol. The molecule has 1 unspecified atom stereocenters. The van der Waals surface area contributed by atoms with Crippen molar-refractivity contribution in [3.63, 3.8) is 0 Å². The smallest absolute Gasteiger partial charge is 0.309 e. The summed E-state index contributed by atoms with van der Waals surface area (Å²) >= 11 is 0.872. The van der Waals surface area contributed by atoms with Crippen molar-refractivity contribution in [2.75, 3.05) is 11.5 Å². The Kier molecular flexibility index (Phi) is 4.75. The molecule has 3 heterocycles. The largest absolute Gasteiger partial charge is 0.433 e. The van der Waals surface area contributed by atoms with E-state index in [1.165, 1.54) is 0 Å². The molecule has 136 valence electrons. The molecule has 1 aliphatic rings. The summed E-state index contributed by atoms with van der Waals surface area (Å²) < 4.78 is 62.8. The lowest BCUT2D eigenvalue weighted by Crippen LogP contribution is -2.11. The highest BCUT2D eigenvalue weighted by Crippen LogP contribution is 2.30. The van der Waals surface area contributed by atoms with E-state index in [4.69, 9.17) is 0 Å². The zero-order valence-electron chi connectivity index (χ0n) is 13.1. The number of rotatable bonds is 4. The molecule has 2 aromatic heterocycles. The second-order valence-corrected chi connectivity index (χ2v) is 8.92. The van der Waals surface area contributed by atoms with Crippen LogP contribution in [0.2, 0.25) is 0 Å². The molecule has 0 spiro atoms. The van der Waals surface area contributed by atoms with Crippen LogP contribution in [-0.4, -0.2) is 44.7 Å². The van der Waals surface area contributed by atoms with E-state index in [1.54, 1.807) is 11.6 Å². The van der Waals surface area contributed by atoms with Gasteiger partial charge in [0.1, 0.15) is 11.5 Å². The van der Waals surface area contributed by atoms with Gasteiger partial charge in [0, 0.05) is 19.7 Å². The number of alkyl halides is 3.